The molecule has 0 rings (SSSR count). The normalized spacial score (nSPS) is 13.8. The summed E-state index contributed by atoms with van der Waals surface area (Å²) in [7, 11) is -3.21. The molecule has 1 amide bonds. The van der Waals surface area contributed by atoms with Crippen LogP contribution in [0.15, 0.2) is 0 Å². The standard InChI is InChI=1S/C7H14BrNO3S/c1-3-6(4-8)9-7(10)5-13(2,11)12/h6H,3-5H2,1-2H3,(H,9,10). The number of rotatable bonds is 5. The van der Waals surface area contributed by atoms with Crippen LogP contribution in [0.3, 0.4) is 0 Å². The van der Waals surface area contributed by atoms with E-state index in [0.29, 0.717) is 5.33 Å². The Morgan fingerprint density at radius 3 is 2.38 bits per heavy atom. The summed E-state index contributed by atoms with van der Waals surface area (Å²) in [5.74, 6) is -0.870. The monoisotopic (exact) mass is 271 g/mol. The minimum atomic E-state index is -3.21. The lowest BCUT2D eigenvalue weighted by molar-refractivity contribution is -0.119. The smallest absolute Gasteiger partial charge is 0.235 e. The summed E-state index contributed by atoms with van der Waals surface area (Å²) in [5, 5.41) is 3.25. The van der Waals surface area contributed by atoms with E-state index in [1.165, 1.54) is 0 Å². The van der Waals surface area contributed by atoms with Crippen molar-refractivity contribution in [2.24, 2.45) is 0 Å². The maximum Gasteiger partial charge on any atom is 0.235 e. The second kappa shape index (κ2) is 5.59. The van der Waals surface area contributed by atoms with E-state index in [0.717, 1.165) is 12.7 Å². The van der Waals surface area contributed by atoms with Gasteiger partial charge in [0, 0.05) is 17.6 Å². The molecule has 0 aromatic carbocycles. The van der Waals surface area contributed by atoms with E-state index in [1.54, 1.807) is 0 Å². The van der Waals surface area contributed by atoms with E-state index in [9.17, 15) is 13.2 Å². The molecule has 0 fully saturated rings. The Morgan fingerprint density at radius 1 is 1.54 bits per heavy atom. The highest BCUT2D eigenvalue weighted by molar-refractivity contribution is 9.09. The van der Waals surface area contributed by atoms with Crippen LogP contribution in [0.5, 0.6) is 0 Å². The fraction of sp³-hybridized carbons (Fsp3) is 0.857. The fourth-order valence-corrected chi connectivity index (χ4v) is 1.94. The first-order valence-corrected chi connectivity index (χ1v) is 7.10. The third-order valence-electron chi connectivity index (χ3n) is 1.44. The lowest BCUT2D eigenvalue weighted by atomic mass is 10.3. The molecule has 1 unspecified atom stereocenters. The Balaban J connectivity index is 4.01. The van der Waals surface area contributed by atoms with Gasteiger partial charge in [-0.15, -0.1) is 0 Å². The van der Waals surface area contributed by atoms with E-state index >= 15 is 0 Å². The quantitative estimate of drug-likeness (QED) is 0.733. The zero-order valence-electron chi connectivity index (χ0n) is 7.71. The van der Waals surface area contributed by atoms with Crippen LogP contribution in [-0.2, 0) is 14.6 Å². The summed E-state index contributed by atoms with van der Waals surface area (Å²) in [6.07, 6.45) is 1.82. The Bertz CT molecular complexity index is 259. The predicted octanol–water partition coefficient (Wildman–Crippen LogP) is 0.321. The predicted molar refractivity (Wildman–Crippen MR) is 55.7 cm³/mol. The van der Waals surface area contributed by atoms with E-state index in [2.05, 4.69) is 21.2 Å². The molecule has 0 bridgehead atoms. The van der Waals surface area contributed by atoms with Gasteiger partial charge in [-0.3, -0.25) is 4.79 Å². The summed E-state index contributed by atoms with van der Waals surface area (Å²) in [6.45, 7) is 1.92. The number of hydrogen-bond acceptors (Lipinski definition) is 3. The number of sulfone groups is 1. The lowest BCUT2D eigenvalue weighted by Crippen LogP contribution is -2.38. The number of halogens is 1. The summed E-state index contributed by atoms with van der Waals surface area (Å²) in [4.78, 5) is 11.1. The van der Waals surface area contributed by atoms with Crippen LogP contribution in [0.25, 0.3) is 0 Å². The van der Waals surface area contributed by atoms with Crippen LogP contribution >= 0.6 is 15.9 Å². The molecule has 0 spiro atoms. The number of hydrogen-bond donors (Lipinski definition) is 1. The van der Waals surface area contributed by atoms with Gasteiger partial charge in [0.25, 0.3) is 0 Å². The third-order valence-corrected chi connectivity index (χ3v) is 3.01. The first kappa shape index (κ1) is 12.9. The molecule has 4 nitrogen and oxygen atoms in total. The van der Waals surface area contributed by atoms with Gasteiger partial charge in [-0.1, -0.05) is 22.9 Å². The van der Waals surface area contributed by atoms with Crippen LogP contribution in [0.4, 0.5) is 0 Å². The van der Waals surface area contributed by atoms with Crippen LogP contribution in [0.2, 0.25) is 0 Å². The van der Waals surface area contributed by atoms with Crippen molar-refractivity contribution in [1.82, 2.24) is 5.32 Å². The third kappa shape index (κ3) is 7.01. The van der Waals surface area contributed by atoms with Crippen molar-refractivity contribution in [3.8, 4) is 0 Å². The molecule has 13 heavy (non-hydrogen) atoms. The highest BCUT2D eigenvalue weighted by Gasteiger charge is 2.13. The summed E-state index contributed by atoms with van der Waals surface area (Å²) < 4.78 is 21.5. The van der Waals surface area contributed by atoms with Gasteiger partial charge in [-0.05, 0) is 6.42 Å². The molecule has 6 heteroatoms. The largest absolute Gasteiger partial charge is 0.352 e. The number of carbonyl (C=O) groups is 1. The number of amides is 1. The van der Waals surface area contributed by atoms with Crippen molar-refractivity contribution in [2.45, 2.75) is 19.4 Å². The molecule has 0 aliphatic carbocycles. The molecular formula is C7H14BrNO3S. The Hall–Kier alpha value is -0.100. The first-order valence-electron chi connectivity index (χ1n) is 3.92. The van der Waals surface area contributed by atoms with Gasteiger partial charge in [0.05, 0.1) is 0 Å². The molecule has 0 aliphatic rings. The molecule has 0 aromatic heterocycles. The van der Waals surface area contributed by atoms with Crippen molar-refractivity contribution < 1.29 is 13.2 Å². The zero-order valence-corrected chi connectivity index (χ0v) is 10.1. The molecule has 1 N–H and O–H groups in total. The molecule has 1 atom stereocenters. The van der Waals surface area contributed by atoms with E-state index in [-0.39, 0.29) is 6.04 Å². The average molecular weight is 272 g/mol. The van der Waals surface area contributed by atoms with Crippen molar-refractivity contribution in [3.63, 3.8) is 0 Å². The van der Waals surface area contributed by atoms with E-state index in [4.69, 9.17) is 0 Å². The van der Waals surface area contributed by atoms with E-state index in [1.807, 2.05) is 6.92 Å². The van der Waals surface area contributed by atoms with Gasteiger partial charge in [0.15, 0.2) is 9.84 Å². The van der Waals surface area contributed by atoms with Crippen LogP contribution in [-0.4, -0.2) is 37.7 Å². The SMILES string of the molecule is CCC(CBr)NC(=O)CS(C)(=O)=O. The van der Waals surface area contributed by atoms with E-state index < -0.39 is 21.5 Å². The number of alkyl halides is 1. The maximum atomic E-state index is 11.1. The fourth-order valence-electron chi connectivity index (χ4n) is 0.757. The highest BCUT2D eigenvalue weighted by atomic mass is 79.9. The summed E-state index contributed by atoms with van der Waals surface area (Å²) in [6, 6.07) is 0.00856. The molecule has 0 aliphatic heterocycles. The van der Waals surface area contributed by atoms with Crippen LogP contribution < -0.4 is 5.32 Å². The molecule has 0 radical (unpaired) electrons. The average Bonchev–Trinajstić information content (AvgIpc) is 1.96. The van der Waals surface area contributed by atoms with Gasteiger partial charge >= 0.3 is 0 Å². The molecule has 0 aromatic rings. The molecule has 78 valence electrons. The zero-order chi connectivity index (χ0) is 10.5. The molecular weight excluding hydrogens is 258 g/mol. The van der Waals surface area contributed by atoms with Gasteiger partial charge < -0.3 is 5.32 Å². The second-order valence-corrected chi connectivity index (χ2v) is 5.68. The summed E-state index contributed by atoms with van der Waals surface area (Å²) >= 11 is 3.22. The van der Waals surface area contributed by atoms with Crippen molar-refractivity contribution in [1.29, 1.82) is 0 Å². The minimum absolute atomic E-state index is 0.00856. The molecule has 0 heterocycles. The van der Waals surface area contributed by atoms with Crippen LogP contribution in [0, 0.1) is 0 Å². The van der Waals surface area contributed by atoms with Gasteiger partial charge in [0.1, 0.15) is 5.75 Å². The number of carbonyl (C=O) groups excluding carboxylic acids is 1. The lowest BCUT2D eigenvalue weighted by Gasteiger charge is -2.12. The Morgan fingerprint density at radius 2 is 2.08 bits per heavy atom. The van der Waals surface area contributed by atoms with Gasteiger partial charge in [-0.25, -0.2) is 8.42 Å². The maximum absolute atomic E-state index is 11.1. The molecule has 0 saturated carbocycles. The van der Waals surface area contributed by atoms with Crippen LogP contribution in [0.1, 0.15) is 13.3 Å². The number of nitrogens with one attached hydrogen (secondary N) is 1. The second-order valence-electron chi connectivity index (χ2n) is 2.90. The van der Waals surface area contributed by atoms with Gasteiger partial charge in [-0.2, -0.15) is 0 Å². The summed E-state index contributed by atoms with van der Waals surface area (Å²) in [5.41, 5.74) is 0. The first-order chi connectivity index (χ1) is 5.89. The van der Waals surface area contributed by atoms with Crippen molar-refractivity contribution >= 4 is 31.7 Å². The molecule has 0 saturated heterocycles. The van der Waals surface area contributed by atoms with Crippen molar-refractivity contribution in [3.05, 3.63) is 0 Å². The highest BCUT2D eigenvalue weighted by Crippen LogP contribution is 1.96. The Labute approximate surface area is 87.1 Å². The van der Waals surface area contributed by atoms with Gasteiger partial charge in [0.2, 0.25) is 5.91 Å². The Kier molecular flexibility index (Phi) is 5.55. The van der Waals surface area contributed by atoms with Crippen molar-refractivity contribution in [2.75, 3.05) is 17.3 Å². The minimum Gasteiger partial charge on any atom is -0.352 e. The topological polar surface area (TPSA) is 63.2 Å².